The van der Waals surface area contributed by atoms with Crippen molar-refractivity contribution in [2.75, 3.05) is 12.3 Å². The van der Waals surface area contributed by atoms with Crippen LogP contribution < -0.4 is 11.1 Å². The van der Waals surface area contributed by atoms with Gasteiger partial charge in [0.15, 0.2) is 0 Å². The average Bonchev–Trinajstić information content (AvgIpc) is 2.88. The van der Waals surface area contributed by atoms with Crippen molar-refractivity contribution < 1.29 is 9.72 Å². The SMILES string of the molecule is Nc1nnc(CCCNC(=O)c2ccc(Cl)cc2[N+](=O)[O-])s1. The van der Waals surface area contributed by atoms with Gasteiger partial charge in [0, 0.05) is 24.1 Å². The lowest BCUT2D eigenvalue weighted by Crippen LogP contribution is -2.25. The highest BCUT2D eigenvalue weighted by atomic mass is 35.5. The number of hydrogen-bond acceptors (Lipinski definition) is 7. The topological polar surface area (TPSA) is 124 Å². The summed E-state index contributed by atoms with van der Waals surface area (Å²) >= 11 is 6.99. The molecular weight excluding hydrogens is 330 g/mol. The predicted octanol–water partition coefficient (Wildman–Crippen LogP) is 2.04. The fraction of sp³-hybridized carbons (Fsp3) is 0.250. The Kier molecular flexibility index (Phi) is 5.23. The van der Waals surface area contributed by atoms with Crippen molar-refractivity contribution >= 4 is 39.7 Å². The molecule has 0 radical (unpaired) electrons. The summed E-state index contributed by atoms with van der Waals surface area (Å²) in [6.07, 6.45) is 1.25. The summed E-state index contributed by atoms with van der Waals surface area (Å²) in [6.45, 7) is 0.359. The molecule has 116 valence electrons. The molecule has 3 N–H and O–H groups in total. The predicted molar refractivity (Wildman–Crippen MR) is 83.1 cm³/mol. The van der Waals surface area contributed by atoms with Crippen LogP contribution in [0, 0.1) is 10.1 Å². The van der Waals surface area contributed by atoms with Crippen molar-refractivity contribution in [3.63, 3.8) is 0 Å². The number of carbonyl (C=O) groups excluding carboxylic acids is 1. The molecule has 0 fully saturated rings. The summed E-state index contributed by atoms with van der Waals surface area (Å²) in [5.74, 6) is -0.514. The van der Waals surface area contributed by atoms with E-state index in [4.69, 9.17) is 17.3 Å². The van der Waals surface area contributed by atoms with Gasteiger partial charge in [-0.3, -0.25) is 14.9 Å². The third kappa shape index (κ3) is 4.12. The van der Waals surface area contributed by atoms with Crippen LogP contribution in [0.1, 0.15) is 21.8 Å². The second kappa shape index (κ2) is 7.14. The number of nitrogen functional groups attached to an aromatic ring is 1. The highest BCUT2D eigenvalue weighted by Gasteiger charge is 2.20. The molecular formula is C12H12ClN5O3S. The van der Waals surface area contributed by atoms with Gasteiger partial charge in [-0.15, -0.1) is 10.2 Å². The van der Waals surface area contributed by atoms with Crippen LogP contribution in [0.3, 0.4) is 0 Å². The van der Waals surface area contributed by atoms with Crippen molar-refractivity contribution in [1.82, 2.24) is 15.5 Å². The van der Waals surface area contributed by atoms with E-state index in [9.17, 15) is 14.9 Å². The van der Waals surface area contributed by atoms with E-state index >= 15 is 0 Å². The zero-order valence-electron chi connectivity index (χ0n) is 11.3. The Hall–Kier alpha value is -2.26. The summed E-state index contributed by atoms with van der Waals surface area (Å²) in [4.78, 5) is 22.3. The Labute approximate surface area is 134 Å². The number of aromatic nitrogens is 2. The molecule has 1 heterocycles. The standard InChI is InChI=1S/C12H12ClN5O3S/c13-7-3-4-8(9(6-7)18(20)21)11(19)15-5-1-2-10-16-17-12(14)22-10/h3-4,6H,1-2,5H2,(H2,14,17)(H,15,19). The largest absolute Gasteiger partial charge is 0.374 e. The molecule has 0 saturated carbocycles. The third-order valence-corrected chi connectivity index (χ3v) is 3.78. The Morgan fingerprint density at radius 3 is 2.86 bits per heavy atom. The first-order valence-electron chi connectivity index (χ1n) is 6.27. The minimum absolute atomic E-state index is 0.0189. The summed E-state index contributed by atoms with van der Waals surface area (Å²) in [5, 5.41) is 22.5. The quantitative estimate of drug-likeness (QED) is 0.470. The number of hydrogen-bond donors (Lipinski definition) is 2. The van der Waals surface area contributed by atoms with Gasteiger partial charge in [-0.2, -0.15) is 0 Å². The Morgan fingerprint density at radius 1 is 1.45 bits per heavy atom. The second-order valence-electron chi connectivity index (χ2n) is 4.31. The van der Waals surface area contributed by atoms with Gasteiger partial charge >= 0.3 is 0 Å². The number of nitro groups is 1. The van der Waals surface area contributed by atoms with Crippen molar-refractivity contribution in [3.05, 3.63) is 43.9 Å². The van der Waals surface area contributed by atoms with Gasteiger partial charge in [0.05, 0.1) is 4.92 Å². The molecule has 1 aromatic heterocycles. The molecule has 0 aliphatic rings. The monoisotopic (exact) mass is 341 g/mol. The Balaban J connectivity index is 1.91. The van der Waals surface area contributed by atoms with Gasteiger partial charge in [0.2, 0.25) is 5.13 Å². The number of nitro benzene ring substituents is 1. The molecule has 0 bridgehead atoms. The number of nitrogens with one attached hydrogen (secondary N) is 1. The number of rotatable bonds is 6. The first-order valence-corrected chi connectivity index (χ1v) is 7.47. The van der Waals surface area contributed by atoms with E-state index in [0.717, 1.165) is 11.1 Å². The first-order chi connectivity index (χ1) is 10.5. The summed E-state index contributed by atoms with van der Waals surface area (Å²) in [5.41, 5.74) is 5.13. The normalized spacial score (nSPS) is 10.4. The van der Waals surface area contributed by atoms with E-state index in [-0.39, 0.29) is 16.3 Å². The van der Waals surface area contributed by atoms with Crippen LogP contribution in [0.25, 0.3) is 0 Å². The number of aryl methyl sites for hydroxylation is 1. The molecule has 2 rings (SSSR count). The average molecular weight is 342 g/mol. The fourth-order valence-corrected chi connectivity index (χ4v) is 2.57. The lowest BCUT2D eigenvalue weighted by Gasteiger charge is -2.05. The number of anilines is 1. The van der Waals surface area contributed by atoms with Crippen LogP contribution >= 0.6 is 22.9 Å². The van der Waals surface area contributed by atoms with Crippen LogP contribution in [-0.2, 0) is 6.42 Å². The Morgan fingerprint density at radius 2 is 2.23 bits per heavy atom. The zero-order chi connectivity index (χ0) is 16.1. The Bertz CT molecular complexity index is 706. The number of amides is 1. The van der Waals surface area contributed by atoms with Crippen LogP contribution in [0.15, 0.2) is 18.2 Å². The van der Waals surface area contributed by atoms with Gasteiger partial charge in [0.1, 0.15) is 10.6 Å². The van der Waals surface area contributed by atoms with Gasteiger partial charge in [-0.05, 0) is 18.6 Å². The van der Waals surface area contributed by atoms with Crippen LogP contribution in [-0.4, -0.2) is 27.6 Å². The van der Waals surface area contributed by atoms with Gasteiger partial charge in [0.25, 0.3) is 11.6 Å². The van der Waals surface area contributed by atoms with Gasteiger partial charge in [-0.25, -0.2) is 0 Å². The van der Waals surface area contributed by atoms with Gasteiger partial charge in [-0.1, -0.05) is 22.9 Å². The van der Waals surface area contributed by atoms with E-state index in [1.54, 1.807) is 0 Å². The molecule has 0 unspecified atom stereocenters. The smallest absolute Gasteiger partial charge is 0.283 e. The van der Waals surface area contributed by atoms with E-state index < -0.39 is 10.8 Å². The van der Waals surface area contributed by atoms with Crippen molar-refractivity contribution in [2.45, 2.75) is 12.8 Å². The second-order valence-corrected chi connectivity index (χ2v) is 5.84. The maximum atomic E-state index is 12.0. The summed E-state index contributed by atoms with van der Waals surface area (Å²) in [6, 6.07) is 3.93. The van der Waals surface area contributed by atoms with Crippen LogP contribution in [0.4, 0.5) is 10.8 Å². The molecule has 1 amide bonds. The highest BCUT2D eigenvalue weighted by molar-refractivity contribution is 7.15. The van der Waals surface area contributed by atoms with Crippen molar-refractivity contribution in [1.29, 1.82) is 0 Å². The van der Waals surface area contributed by atoms with Crippen LogP contribution in [0.2, 0.25) is 5.02 Å². The molecule has 0 saturated heterocycles. The van der Waals surface area contributed by atoms with E-state index in [2.05, 4.69) is 15.5 Å². The lowest BCUT2D eigenvalue weighted by atomic mass is 10.1. The number of nitrogens with two attached hydrogens (primary N) is 1. The minimum atomic E-state index is -0.634. The van der Waals surface area contributed by atoms with Crippen molar-refractivity contribution in [2.24, 2.45) is 0 Å². The van der Waals surface area contributed by atoms with E-state index in [1.165, 1.54) is 23.5 Å². The first kappa shape index (κ1) is 16.1. The third-order valence-electron chi connectivity index (χ3n) is 2.74. The van der Waals surface area contributed by atoms with E-state index in [1.807, 2.05) is 0 Å². The number of carbonyl (C=O) groups is 1. The van der Waals surface area contributed by atoms with E-state index in [0.29, 0.717) is 24.5 Å². The molecule has 22 heavy (non-hydrogen) atoms. The molecule has 2 aromatic rings. The summed E-state index contributed by atoms with van der Waals surface area (Å²) < 4.78 is 0. The maximum Gasteiger partial charge on any atom is 0.283 e. The molecule has 0 aliphatic heterocycles. The minimum Gasteiger partial charge on any atom is -0.374 e. The summed E-state index contributed by atoms with van der Waals surface area (Å²) in [7, 11) is 0. The maximum absolute atomic E-state index is 12.0. The molecule has 0 aliphatic carbocycles. The van der Waals surface area contributed by atoms with Crippen molar-refractivity contribution in [3.8, 4) is 0 Å². The molecule has 10 heteroatoms. The highest BCUT2D eigenvalue weighted by Crippen LogP contribution is 2.23. The van der Waals surface area contributed by atoms with Crippen LogP contribution in [0.5, 0.6) is 0 Å². The molecule has 1 aromatic carbocycles. The number of halogens is 1. The number of nitrogens with zero attached hydrogens (tertiary/aromatic N) is 3. The molecule has 0 atom stereocenters. The van der Waals surface area contributed by atoms with Gasteiger partial charge < -0.3 is 11.1 Å². The number of benzene rings is 1. The fourth-order valence-electron chi connectivity index (χ4n) is 1.75. The molecule has 8 nitrogen and oxygen atoms in total. The molecule has 0 spiro atoms. The lowest BCUT2D eigenvalue weighted by molar-refractivity contribution is -0.385. The zero-order valence-corrected chi connectivity index (χ0v) is 12.9.